The second-order valence-electron chi connectivity index (χ2n) is 6.25. The van der Waals surface area contributed by atoms with Crippen molar-refractivity contribution in [2.75, 3.05) is 20.3 Å². The predicted octanol–water partition coefficient (Wildman–Crippen LogP) is 3.01. The van der Waals surface area contributed by atoms with Crippen molar-refractivity contribution < 1.29 is 24.1 Å². The summed E-state index contributed by atoms with van der Waals surface area (Å²) in [6.07, 6.45) is 1.90. The van der Waals surface area contributed by atoms with Gasteiger partial charge in [-0.25, -0.2) is 0 Å². The van der Waals surface area contributed by atoms with Gasteiger partial charge in [-0.1, -0.05) is 26.0 Å². The summed E-state index contributed by atoms with van der Waals surface area (Å²) in [5.74, 6) is 0.424. The average Bonchev–Trinajstić information content (AvgIpc) is 2.47. The van der Waals surface area contributed by atoms with E-state index in [1.165, 1.54) is 0 Å². The zero-order chi connectivity index (χ0) is 16.2. The van der Waals surface area contributed by atoms with Crippen molar-refractivity contribution in [2.24, 2.45) is 0 Å². The van der Waals surface area contributed by atoms with Crippen molar-refractivity contribution in [2.45, 2.75) is 44.6 Å². The Labute approximate surface area is 131 Å². The Morgan fingerprint density at radius 1 is 1.45 bits per heavy atom. The summed E-state index contributed by atoms with van der Waals surface area (Å²) in [4.78, 5) is 11.2. The SMILES string of the molecule is COc1cccc(C(C)(C)CC(=O)O)c1OC1CCCOC1. The predicted molar refractivity (Wildman–Crippen MR) is 82.7 cm³/mol. The van der Waals surface area contributed by atoms with Crippen LogP contribution in [0.1, 0.15) is 38.7 Å². The summed E-state index contributed by atoms with van der Waals surface area (Å²) in [6, 6.07) is 5.60. The van der Waals surface area contributed by atoms with Crippen LogP contribution >= 0.6 is 0 Å². The van der Waals surface area contributed by atoms with E-state index in [1.54, 1.807) is 7.11 Å². The third-order valence-electron chi connectivity index (χ3n) is 3.92. The summed E-state index contributed by atoms with van der Waals surface area (Å²) in [5, 5.41) is 9.16. The standard InChI is InChI=1S/C17H24O5/c1-17(2,10-15(18)19)13-7-4-8-14(20-3)16(13)22-12-6-5-9-21-11-12/h4,7-8,12H,5-6,9-11H2,1-3H3,(H,18,19). The van der Waals surface area contributed by atoms with E-state index in [4.69, 9.17) is 19.3 Å². The molecule has 22 heavy (non-hydrogen) atoms. The molecule has 0 saturated carbocycles. The number of hydrogen-bond donors (Lipinski definition) is 1. The highest BCUT2D eigenvalue weighted by Gasteiger charge is 2.30. The van der Waals surface area contributed by atoms with Crippen LogP contribution in [0.4, 0.5) is 0 Å². The van der Waals surface area contributed by atoms with Gasteiger partial charge in [0.1, 0.15) is 6.10 Å². The van der Waals surface area contributed by atoms with E-state index in [2.05, 4.69) is 0 Å². The quantitative estimate of drug-likeness (QED) is 0.875. The van der Waals surface area contributed by atoms with E-state index in [0.717, 1.165) is 25.0 Å². The molecule has 0 aromatic heterocycles. The van der Waals surface area contributed by atoms with Crippen LogP contribution in [0, 0.1) is 0 Å². The molecule has 0 radical (unpaired) electrons. The minimum absolute atomic E-state index is 0.0237. The van der Waals surface area contributed by atoms with Gasteiger partial charge in [0.25, 0.3) is 0 Å². The third kappa shape index (κ3) is 3.91. The van der Waals surface area contributed by atoms with Crippen molar-refractivity contribution in [1.82, 2.24) is 0 Å². The molecule has 1 aromatic rings. The van der Waals surface area contributed by atoms with Gasteiger partial charge in [0.2, 0.25) is 0 Å². The van der Waals surface area contributed by atoms with Crippen LogP contribution in [0.25, 0.3) is 0 Å². The second kappa shape index (κ2) is 7.01. The number of carbonyl (C=O) groups is 1. The first-order valence-electron chi connectivity index (χ1n) is 7.57. The van der Waals surface area contributed by atoms with Crippen molar-refractivity contribution in [3.63, 3.8) is 0 Å². The number of ether oxygens (including phenoxy) is 3. The Kier molecular flexibility index (Phi) is 5.29. The van der Waals surface area contributed by atoms with E-state index >= 15 is 0 Å². The number of hydrogen-bond acceptors (Lipinski definition) is 4. The topological polar surface area (TPSA) is 65.0 Å². The highest BCUT2D eigenvalue weighted by atomic mass is 16.5. The molecule has 122 valence electrons. The molecule has 1 unspecified atom stereocenters. The van der Waals surface area contributed by atoms with Crippen LogP contribution in [0.2, 0.25) is 0 Å². The van der Waals surface area contributed by atoms with Crippen molar-refractivity contribution in [3.05, 3.63) is 23.8 Å². The largest absolute Gasteiger partial charge is 0.493 e. The van der Waals surface area contributed by atoms with Gasteiger partial charge < -0.3 is 19.3 Å². The number of carboxylic acids is 1. The lowest BCUT2D eigenvalue weighted by molar-refractivity contribution is -0.138. The van der Waals surface area contributed by atoms with Crippen molar-refractivity contribution in [1.29, 1.82) is 0 Å². The first-order valence-corrected chi connectivity index (χ1v) is 7.57. The average molecular weight is 308 g/mol. The van der Waals surface area contributed by atoms with E-state index in [-0.39, 0.29) is 12.5 Å². The lowest BCUT2D eigenvalue weighted by Crippen LogP contribution is -2.30. The molecule has 1 aliphatic rings. The second-order valence-corrected chi connectivity index (χ2v) is 6.25. The number of aliphatic carboxylic acids is 1. The van der Waals surface area contributed by atoms with Crippen LogP contribution < -0.4 is 9.47 Å². The van der Waals surface area contributed by atoms with E-state index < -0.39 is 11.4 Å². The van der Waals surface area contributed by atoms with Crippen LogP contribution in [0.3, 0.4) is 0 Å². The molecule has 5 nitrogen and oxygen atoms in total. The fourth-order valence-corrected chi connectivity index (χ4v) is 2.78. The molecular weight excluding hydrogens is 284 g/mol. The van der Waals surface area contributed by atoms with Crippen molar-refractivity contribution >= 4 is 5.97 Å². The molecule has 2 rings (SSSR count). The fraction of sp³-hybridized carbons (Fsp3) is 0.588. The van der Waals surface area contributed by atoms with Gasteiger partial charge in [0, 0.05) is 17.6 Å². The lowest BCUT2D eigenvalue weighted by Gasteiger charge is -2.30. The molecule has 1 N–H and O–H groups in total. The summed E-state index contributed by atoms with van der Waals surface area (Å²) >= 11 is 0. The minimum Gasteiger partial charge on any atom is -0.493 e. The molecule has 0 spiro atoms. The van der Waals surface area contributed by atoms with Crippen LogP contribution in [0.5, 0.6) is 11.5 Å². The molecule has 1 aromatic carbocycles. The molecule has 1 fully saturated rings. The maximum absolute atomic E-state index is 11.2. The zero-order valence-electron chi connectivity index (χ0n) is 13.4. The smallest absolute Gasteiger partial charge is 0.304 e. The van der Waals surface area contributed by atoms with Gasteiger partial charge in [-0.2, -0.15) is 0 Å². The highest BCUT2D eigenvalue weighted by Crippen LogP contribution is 2.41. The third-order valence-corrected chi connectivity index (χ3v) is 3.92. The van der Waals surface area contributed by atoms with Crippen LogP contribution in [-0.2, 0) is 14.9 Å². The van der Waals surface area contributed by atoms with Crippen LogP contribution in [0.15, 0.2) is 18.2 Å². The molecule has 1 atom stereocenters. The van der Waals surface area contributed by atoms with Gasteiger partial charge in [-0.15, -0.1) is 0 Å². The zero-order valence-corrected chi connectivity index (χ0v) is 13.4. The van der Waals surface area contributed by atoms with E-state index in [9.17, 15) is 4.79 Å². The Morgan fingerprint density at radius 3 is 2.82 bits per heavy atom. The van der Waals surface area contributed by atoms with Gasteiger partial charge in [0.05, 0.1) is 20.1 Å². The number of benzene rings is 1. The fourth-order valence-electron chi connectivity index (χ4n) is 2.78. The Bertz CT molecular complexity index is 518. The maximum Gasteiger partial charge on any atom is 0.304 e. The van der Waals surface area contributed by atoms with E-state index in [1.807, 2.05) is 32.0 Å². The summed E-state index contributed by atoms with van der Waals surface area (Å²) in [7, 11) is 1.59. The lowest BCUT2D eigenvalue weighted by atomic mass is 9.81. The summed E-state index contributed by atoms with van der Waals surface area (Å²) < 4.78 is 17.0. The van der Waals surface area contributed by atoms with Gasteiger partial charge in [-0.3, -0.25) is 4.79 Å². The van der Waals surface area contributed by atoms with Gasteiger partial charge in [0.15, 0.2) is 11.5 Å². The molecule has 0 amide bonds. The molecule has 1 aliphatic heterocycles. The van der Waals surface area contributed by atoms with Gasteiger partial charge >= 0.3 is 5.97 Å². The Balaban J connectivity index is 2.34. The number of para-hydroxylation sites is 1. The number of rotatable bonds is 6. The molecule has 1 saturated heterocycles. The van der Waals surface area contributed by atoms with Crippen LogP contribution in [-0.4, -0.2) is 37.5 Å². The highest BCUT2D eigenvalue weighted by molar-refractivity contribution is 5.69. The normalized spacial score (nSPS) is 18.8. The molecule has 0 bridgehead atoms. The first kappa shape index (κ1) is 16.6. The summed E-state index contributed by atoms with van der Waals surface area (Å²) in [5.41, 5.74) is 0.297. The maximum atomic E-state index is 11.2. The van der Waals surface area contributed by atoms with Gasteiger partial charge in [-0.05, 0) is 18.9 Å². The van der Waals surface area contributed by atoms with E-state index in [0.29, 0.717) is 18.1 Å². The molecule has 5 heteroatoms. The monoisotopic (exact) mass is 308 g/mol. The minimum atomic E-state index is -0.834. The molecule has 0 aliphatic carbocycles. The summed E-state index contributed by atoms with van der Waals surface area (Å²) in [6.45, 7) is 5.13. The first-order chi connectivity index (χ1) is 10.4. The Morgan fingerprint density at radius 2 is 2.23 bits per heavy atom. The Hall–Kier alpha value is -1.75. The number of methoxy groups -OCH3 is 1. The molecular formula is C17H24O5. The molecule has 1 heterocycles. The van der Waals surface area contributed by atoms with Crippen molar-refractivity contribution in [3.8, 4) is 11.5 Å². The number of carboxylic acid groups (broad SMARTS) is 1.